The molecule has 0 saturated heterocycles. The van der Waals surface area contributed by atoms with Crippen molar-refractivity contribution in [3.8, 4) is 17.2 Å². The Hall–Kier alpha value is -2.34. The maximum absolute atomic E-state index is 12.8. The molecule has 1 aliphatic heterocycles. The van der Waals surface area contributed by atoms with Crippen LogP contribution in [0, 0.1) is 0 Å². The number of nitrogens with zero attached hydrogens (tertiary/aromatic N) is 1. The third-order valence-electron chi connectivity index (χ3n) is 4.46. The van der Waals surface area contributed by atoms with Gasteiger partial charge in [-0.05, 0) is 36.8 Å². The molecule has 2 aromatic carbocycles. The first-order chi connectivity index (χ1) is 12.6. The van der Waals surface area contributed by atoms with Gasteiger partial charge in [0.25, 0.3) is 0 Å². The molecule has 0 radical (unpaired) electrons. The van der Waals surface area contributed by atoms with Crippen LogP contribution in [-0.4, -0.2) is 33.8 Å². The Morgan fingerprint density at radius 2 is 1.73 bits per heavy atom. The maximum Gasteiger partial charge on any atom is 0.228 e. The molecule has 1 aliphatic rings. The van der Waals surface area contributed by atoms with Gasteiger partial charge in [0.1, 0.15) is 0 Å². The van der Waals surface area contributed by atoms with Gasteiger partial charge >= 0.3 is 0 Å². The smallest absolute Gasteiger partial charge is 0.228 e. The van der Waals surface area contributed by atoms with Crippen LogP contribution in [-0.2, 0) is 4.79 Å². The van der Waals surface area contributed by atoms with E-state index in [0.29, 0.717) is 30.2 Å². The van der Waals surface area contributed by atoms with Crippen molar-refractivity contribution < 1.29 is 19.0 Å². The van der Waals surface area contributed by atoms with Gasteiger partial charge < -0.3 is 19.1 Å². The summed E-state index contributed by atoms with van der Waals surface area (Å²) in [7, 11) is 4.78. The fraction of sp³-hybridized carbons (Fsp3) is 0.350. The second-order valence-corrected chi connectivity index (χ2v) is 7.12. The minimum atomic E-state index is -0.0334. The summed E-state index contributed by atoms with van der Waals surface area (Å²) < 4.78 is 16.3. The summed E-state index contributed by atoms with van der Waals surface area (Å²) >= 11 is 1.69. The summed E-state index contributed by atoms with van der Waals surface area (Å²) in [5, 5.41) is -0.0334. The van der Waals surface area contributed by atoms with E-state index in [0.717, 1.165) is 16.1 Å². The van der Waals surface area contributed by atoms with Crippen LogP contribution < -0.4 is 19.1 Å². The van der Waals surface area contributed by atoms with Gasteiger partial charge in [0.15, 0.2) is 11.5 Å². The summed E-state index contributed by atoms with van der Waals surface area (Å²) in [5.74, 6) is 1.86. The van der Waals surface area contributed by atoms with Gasteiger partial charge in [0.2, 0.25) is 11.7 Å². The molecule has 0 fully saturated rings. The van der Waals surface area contributed by atoms with Gasteiger partial charge in [-0.15, -0.1) is 11.8 Å². The van der Waals surface area contributed by atoms with Crippen molar-refractivity contribution in [2.75, 3.05) is 32.8 Å². The highest BCUT2D eigenvalue weighted by molar-refractivity contribution is 7.99. The summed E-state index contributed by atoms with van der Waals surface area (Å²) in [6, 6.07) is 11.9. The second kappa shape index (κ2) is 7.91. The number of rotatable bonds is 5. The number of carbonyl (C=O) groups excluding carboxylic acids is 1. The molecule has 1 unspecified atom stereocenters. The number of hydrogen-bond donors (Lipinski definition) is 0. The Morgan fingerprint density at radius 3 is 2.31 bits per heavy atom. The van der Waals surface area contributed by atoms with Gasteiger partial charge in [0.05, 0.1) is 27.0 Å². The SMILES string of the molecule is CCN1C(=O)CC(c2cc(OC)c(OC)c(OC)c2)Sc2ccccc21. The van der Waals surface area contributed by atoms with Crippen LogP contribution in [0.2, 0.25) is 0 Å². The van der Waals surface area contributed by atoms with Crippen molar-refractivity contribution in [2.45, 2.75) is 23.5 Å². The van der Waals surface area contributed by atoms with E-state index in [2.05, 4.69) is 6.07 Å². The van der Waals surface area contributed by atoms with Gasteiger partial charge in [-0.2, -0.15) is 0 Å². The van der Waals surface area contributed by atoms with Gasteiger partial charge in [0, 0.05) is 23.1 Å². The molecular formula is C20H23NO4S. The highest BCUT2D eigenvalue weighted by Gasteiger charge is 2.29. The van der Waals surface area contributed by atoms with Gasteiger partial charge in [-0.3, -0.25) is 4.79 Å². The molecule has 6 heteroatoms. The molecule has 26 heavy (non-hydrogen) atoms. The number of para-hydroxylation sites is 1. The molecular weight excluding hydrogens is 350 g/mol. The quantitative estimate of drug-likeness (QED) is 0.782. The van der Waals surface area contributed by atoms with Crippen molar-refractivity contribution in [1.82, 2.24) is 0 Å². The Bertz CT molecular complexity index is 783. The van der Waals surface area contributed by atoms with Crippen LogP contribution in [0.5, 0.6) is 17.2 Å². The molecule has 0 bridgehead atoms. The zero-order valence-electron chi connectivity index (χ0n) is 15.4. The van der Waals surface area contributed by atoms with Crippen LogP contribution in [0.1, 0.15) is 24.2 Å². The lowest BCUT2D eigenvalue weighted by Crippen LogP contribution is -2.30. The fourth-order valence-corrected chi connectivity index (χ4v) is 4.46. The minimum absolute atomic E-state index is 0.0334. The van der Waals surface area contributed by atoms with Crippen molar-refractivity contribution in [3.05, 3.63) is 42.0 Å². The minimum Gasteiger partial charge on any atom is -0.493 e. The number of fused-ring (bicyclic) bond motifs is 1. The Balaban J connectivity index is 2.06. The normalized spacial score (nSPS) is 16.7. The molecule has 0 aliphatic carbocycles. The molecule has 0 saturated carbocycles. The molecule has 0 spiro atoms. The van der Waals surface area contributed by atoms with Crippen molar-refractivity contribution in [2.24, 2.45) is 0 Å². The Kier molecular flexibility index (Phi) is 5.61. The highest BCUT2D eigenvalue weighted by atomic mass is 32.2. The Morgan fingerprint density at radius 1 is 1.08 bits per heavy atom. The number of benzene rings is 2. The van der Waals surface area contributed by atoms with Gasteiger partial charge in [-0.25, -0.2) is 0 Å². The number of thioether (sulfide) groups is 1. The van der Waals surface area contributed by atoms with E-state index < -0.39 is 0 Å². The van der Waals surface area contributed by atoms with E-state index in [9.17, 15) is 4.79 Å². The topological polar surface area (TPSA) is 48.0 Å². The Labute approximate surface area is 158 Å². The van der Waals surface area contributed by atoms with E-state index in [1.165, 1.54) is 0 Å². The lowest BCUT2D eigenvalue weighted by Gasteiger charge is -2.20. The summed E-state index contributed by atoms with van der Waals surface area (Å²) in [6.45, 7) is 2.65. The number of anilines is 1. The van der Waals surface area contributed by atoms with E-state index in [4.69, 9.17) is 14.2 Å². The number of carbonyl (C=O) groups is 1. The third-order valence-corrected chi connectivity index (χ3v) is 5.78. The molecule has 2 aromatic rings. The van der Waals surface area contributed by atoms with Crippen LogP contribution in [0.15, 0.2) is 41.3 Å². The number of methoxy groups -OCH3 is 3. The van der Waals surface area contributed by atoms with E-state index in [-0.39, 0.29) is 11.2 Å². The second-order valence-electron chi connectivity index (χ2n) is 5.88. The van der Waals surface area contributed by atoms with Crippen LogP contribution in [0.25, 0.3) is 0 Å². The van der Waals surface area contributed by atoms with Gasteiger partial charge in [-0.1, -0.05) is 12.1 Å². The predicted octanol–water partition coefficient (Wildman–Crippen LogP) is 4.30. The zero-order valence-corrected chi connectivity index (χ0v) is 16.3. The highest BCUT2D eigenvalue weighted by Crippen LogP contribution is 2.48. The molecule has 5 nitrogen and oxygen atoms in total. The largest absolute Gasteiger partial charge is 0.493 e. The van der Waals surface area contributed by atoms with Crippen LogP contribution in [0.4, 0.5) is 5.69 Å². The lowest BCUT2D eigenvalue weighted by molar-refractivity contribution is -0.118. The fourth-order valence-electron chi connectivity index (χ4n) is 3.20. The first-order valence-corrected chi connectivity index (χ1v) is 9.36. The lowest BCUT2D eigenvalue weighted by atomic mass is 10.1. The molecule has 3 rings (SSSR count). The van der Waals surface area contributed by atoms with Crippen molar-refractivity contribution >= 4 is 23.4 Å². The van der Waals surface area contributed by atoms with Crippen molar-refractivity contribution in [1.29, 1.82) is 0 Å². The number of amides is 1. The first-order valence-electron chi connectivity index (χ1n) is 8.48. The standard InChI is InChI=1S/C20H23NO4S/c1-5-21-14-8-6-7-9-17(14)26-18(12-19(21)22)13-10-15(23-2)20(25-4)16(11-13)24-3/h6-11,18H,5,12H2,1-4H3. The third kappa shape index (κ3) is 3.33. The van der Waals surface area contributed by atoms with Crippen molar-refractivity contribution in [3.63, 3.8) is 0 Å². The molecule has 1 amide bonds. The number of hydrogen-bond acceptors (Lipinski definition) is 5. The van der Waals surface area contributed by atoms with E-state index in [1.807, 2.05) is 42.2 Å². The molecule has 0 N–H and O–H groups in total. The average molecular weight is 373 g/mol. The number of ether oxygens (including phenoxy) is 3. The molecule has 1 heterocycles. The molecule has 1 atom stereocenters. The van der Waals surface area contributed by atoms with Crippen LogP contribution in [0.3, 0.4) is 0 Å². The molecule has 138 valence electrons. The molecule has 0 aromatic heterocycles. The first kappa shape index (κ1) is 18.5. The summed E-state index contributed by atoms with van der Waals surface area (Å²) in [6.07, 6.45) is 0.409. The summed E-state index contributed by atoms with van der Waals surface area (Å²) in [5.41, 5.74) is 1.95. The van der Waals surface area contributed by atoms with Crippen LogP contribution >= 0.6 is 11.8 Å². The zero-order chi connectivity index (χ0) is 18.7. The maximum atomic E-state index is 12.8. The van der Waals surface area contributed by atoms with E-state index in [1.54, 1.807) is 33.1 Å². The van der Waals surface area contributed by atoms with E-state index >= 15 is 0 Å². The summed E-state index contributed by atoms with van der Waals surface area (Å²) in [4.78, 5) is 15.8. The monoisotopic (exact) mass is 373 g/mol. The average Bonchev–Trinajstić information content (AvgIpc) is 2.82. The predicted molar refractivity (Wildman–Crippen MR) is 104 cm³/mol.